The monoisotopic (exact) mass is 334 g/mol. The first-order valence-electron chi connectivity index (χ1n) is 10.2. The van der Waals surface area contributed by atoms with E-state index in [1.807, 2.05) is 6.92 Å². The van der Waals surface area contributed by atoms with Gasteiger partial charge in [0, 0.05) is 24.2 Å². The molecule has 136 valence electrons. The number of ketones is 1. The fourth-order valence-corrected chi connectivity index (χ4v) is 7.80. The van der Waals surface area contributed by atoms with Gasteiger partial charge in [-0.25, -0.2) is 0 Å². The average molecular weight is 335 g/mol. The molecule has 1 unspecified atom stereocenters. The predicted molar refractivity (Wildman–Crippen MR) is 93.1 cm³/mol. The van der Waals surface area contributed by atoms with E-state index in [-0.39, 0.29) is 5.92 Å². The molecule has 4 saturated carbocycles. The summed E-state index contributed by atoms with van der Waals surface area (Å²) in [6.45, 7) is 6.62. The minimum Gasteiger partial charge on any atom is -0.365 e. The van der Waals surface area contributed by atoms with Crippen LogP contribution in [0.25, 0.3) is 0 Å². The Morgan fingerprint density at radius 2 is 1.79 bits per heavy atom. The predicted octanol–water partition coefficient (Wildman–Crippen LogP) is 3.92. The maximum Gasteiger partial charge on any atom is 0.168 e. The van der Waals surface area contributed by atoms with Crippen LogP contribution in [0.4, 0.5) is 0 Å². The summed E-state index contributed by atoms with van der Waals surface area (Å²) < 4.78 is 0. The van der Waals surface area contributed by atoms with Crippen molar-refractivity contribution >= 4 is 5.78 Å². The Bertz CT molecular complexity index is 541. The molecule has 2 N–H and O–H groups in total. The van der Waals surface area contributed by atoms with Gasteiger partial charge in [-0.2, -0.15) is 0 Å². The number of fused-ring (bicyclic) bond motifs is 5. The molecular formula is C21H34O3. The second kappa shape index (κ2) is 5.30. The average Bonchev–Trinajstić information content (AvgIpc) is 2.91. The largest absolute Gasteiger partial charge is 0.365 e. The Kier molecular flexibility index (Phi) is 3.76. The van der Waals surface area contributed by atoms with Crippen molar-refractivity contribution in [3.8, 4) is 0 Å². The summed E-state index contributed by atoms with van der Waals surface area (Å²) in [6, 6.07) is 0. The maximum atomic E-state index is 13.2. The quantitative estimate of drug-likeness (QED) is 0.715. The molecule has 0 aromatic carbocycles. The Morgan fingerprint density at radius 1 is 1.04 bits per heavy atom. The summed E-state index contributed by atoms with van der Waals surface area (Å²) in [5, 5.41) is 22.0. The van der Waals surface area contributed by atoms with Crippen molar-refractivity contribution in [1.82, 2.24) is 0 Å². The van der Waals surface area contributed by atoms with Gasteiger partial charge < -0.3 is 10.2 Å². The number of aliphatic hydroxyl groups is 2. The van der Waals surface area contributed by atoms with Crippen molar-refractivity contribution in [1.29, 1.82) is 0 Å². The van der Waals surface area contributed by atoms with E-state index in [1.54, 1.807) is 0 Å². The van der Waals surface area contributed by atoms with Crippen molar-refractivity contribution in [3.63, 3.8) is 0 Å². The SMILES string of the molecule is CC[C@H]1CCC(O)(O)[C@@]2(C)C1C(=O)C[C@H]1[C@@H]3CCC[C@@]3(C)CC[C@@H]12. The van der Waals surface area contributed by atoms with Crippen LogP contribution >= 0.6 is 0 Å². The summed E-state index contributed by atoms with van der Waals surface area (Å²) >= 11 is 0. The van der Waals surface area contributed by atoms with Crippen molar-refractivity contribution in [2.75, 3.05) is 0 Å². The van der Waals surface area contributed by atoms with Crippen LogP contribution in [0.5, 0.6) is 0 Å². The van der Waals surface area contributed by atoms with Gasteiger partial charge in [0.2, 0.25) is 0 Å². The summed E-state index contributed by atoms with van der Waals surface area (Å²) in [5.74, 6) is 0.0834. The van der Waals surface area contributed by atoms with E-state index in [4.69, 9.17) is 0 Å². The molecule has 7 atom stereocenters. The minimum atomic E-state index is -1.69. The van der Waals surface area contributed by atoms with E-state index in [0.29, 0.717) is 47.7 Å². The molecule has 0 saturated heterocycles. The molecule has 0 spiro atoms. The molecule has 4 aliphatic carbocycles. The zero-order chi connectivity index (χ0) is 17.3. The standard InChI is InChI=1S/C21H34O3/c1-4-13-7-11-21(23,24)20(3)16-8-10-19(2)9-5-6-15(19)14(16)12-17(22)18(13)20/h13-16,18,23-24H,4-12H2,1-3H3/t13-,14-,15-,16-,18?,19-,20+/m0/s1. The summed E-state index contributed by atoms with van der Waals surface area (Å²) in [5.41, 5.74) is -0.271. The summed E-state index contributed by atoms with van der Waals surface area (Å²) in [6.07, 6.45) is 8.92. The van der Waals surface area contributed by atoms with Crippen LogP contribution in [-0.2, 0) is 4.79 Å². The molecule has 3 heteroatoms. The topological polar surface area (TPSA) is 57.5 Å². The van der Waals surface area contributed by atoms with Crippen molar-refractivity contribution in [2.45, 2.75) is 84.3 Å². The van der Waals surface area contributed by atoms with Gasteiger partial charge in [0.05, 0.1) is 0 Å². The molecule has 0 heterocycles. The zero-order valence-corrected chi connectivity index (χ0v) is 15.6. The number of hydrogen-bond acceptors (Lipinski definition) is 3. The molecule has 0 aromatic rings. The zero-order valence-electron chi connectivity index (χ0n) is 15.6. The van der Waals surface area contributed by atoms with Crippen molar-refractivity contribution in [2.24, 2.45) is 40.4 Å². The molecule has 0 amide bonds. The number of rotatable bonds is 1. The molecule has 4 rings (SSSR count). The van der Waals surface area contributed by atoms with E-state index in [1.165, 1.54) is 25.7 Å². The number of carbonyl (C=O) groups is 1. The smallest absolute Gasteiger partial charge is 0.168 e. The Labute approximate surface area is 146 Å². The van der Waals surface area contributed by atoms with Gasteiger partial charge in [-0.3, -0.25) is 4.79 Å². The van der Waals surface area contributed by atoms with Crippen LogP contribution in [0.2, 0.25) is 0 Å². The molecule has 24 heavy (non-hydrogen) atoms. The highest BCUT2D eigenvalue weighted by atomic mass is 16.5. The lowest BCUT2D eigenvalue weighted by Gasteiger charge is -2.64. The Balaban J connectivity index is 1.78. The molecule has 4 aliphatic rings. The van der Waals surface area contributed by atoms with Crippen LogP contribution in [-0.4, -0.2) is 21.8 Å². The third kappa shape index (κ3) is 2.00. The highest BCUT2D eigenvalue weighted by molar-refractivity contribution is 5.84. The van der Waals surface area contributed by atoms with Gasteiger partial charge >= 0.3 is 0 Å². The highest BCUT2D eigenvalue weighted by Gasteiger charge is 2.68. The first-order chi connectivity index (χ1) is 11.2. The van der Waals surface area contributed by atoms with E-state index >= 15 is 0 Å². The summed E-state index contributed by atoms with van der Waals surface area (Å²) in [7, 11) is 0. The van der Waals surface area contributed by atoms with Gasteiger partial charge in [0.25, 0.3) is 0 Å². The number of carbonyl (C=O) groups excluding carboxylic acids is 1. The first-order valence-corrected chi connectivity index (χ1v) is 10.2. The van der Waals surface area contributed by atoms with Gasteiger partial charge in [-0.15, -0.1) is 0 Å². The molecule has 0 aromatic heterocycles. The van der Waals surface area contributed by atoms with Gasteiger partial charge in [0.1, 0.15) is 5.78 Å². The van der Waals surface area contributed by atoms with Crippen LogP contribution in [0.3, 0.4) is 0 Å². The number of hydrogen-bond donors (Lipinski definition) is 2. The van der Waals surface area contributed by atoms with Gasteiger partial charge in [-0.1, -0.05) is 33.6 Å². The third-order valence-corrected chi connectivity index (χ3v) is 9.14. The molecule has 0 aliphatic heterocycles. The lowest BCUT2D eigenvalue weighted by atomic mass is 9.42. The van der Waals surface area contributed by atoms with Crippen LogP contribution in [0, 0.1) is 40.4 Å². The van der Waals surface area contributed by atoms with Crippen LogP contribution < -0.4 is 0 Å². The third-order valence-electron chi connectivity index (χ3n) is 9.14. The molecular weight excluding hydrogens is 300 g/mol. The fourth-order valence-electron chi connectivity index (χ4n) is 7.80. The van der Waals surface area contributed by atoms with Gasteiger partial charge in [-0.05, 0) is 61.2 Å². The maximum absolute atomic E-state index is 13.2. The van der Waals surface area contributed by atoms with E-state index < -0.39 is 11.2 Å². The fraction of sp³-hybridized carbons (Fsp3) is 0.952. The summed E-state index contributed by atoms with van der Waals surface area (Å²) in [4.78, 5) is 13.2. The molecule has 0 radical (unpaired) electrons. The van der Waals surface area contributed by atoms with Gasteiger partial charge in [0.15, 0.2) is 5.79 Å². The van der Waals surface area contributed by atoms with E-state index in [0.717, 1.165) is 19.3 Å². The Morgan fingerprint density at radius 3 is 2.50 bits per heavy atom. The number of Topliss-reactive ketones (excluding diaryl/α,β-unsaturated/α-hetero) is 1. The lowest BCUT2D eigenvalue weighted by Crippen LogP contribution is -2.67. The van der Waals surface area contributed by atoms with Crippen molar-refractivity contribution < 1.29 is 15.0 Å². The van der Waals surface area contributed by atoms with Crippen molar-refractivity contribution in [3.05, 3.63) is 0 Å². The van der Waals surface area contributed by atoms with Crippen LogP contribution in [0.1, 0.15) is 78.6 Å². The first kappa shape index (κ1) is 17.0. The lowest BCUT2D eigenvalue weighted by molar-refractivity contribution is -0.312. The second-order valence-corrected chi connectivity index (χ2v) is 9.92. The van der Waals surface area contributed by atoms with E-state index in [9.17, 15) is 15.0 Å². The molecule has 0 bridgehead atoms. The normalized spacial score (nSPS) is 53.2. The molecule has 3 nitrogen and oxygen atoms in total. The molecule has 4 fully saturated rings. The van der Waals surface area contributed by atoms with E-state index in [2.05, 4.69) is 13.8 Å². The second-order valence-electron chi connectivity index (χ2n) is 9.92. The Hall–Kier alpha value is -0.410. The minimum absolute atomic E-state index is 0.154. The highest BCUT2D eigenvalue weighted by Crippen LogP contribution is 2.67. The van der Waals surface area contributed by atoms with Crippen LogP contribution in [0.15, 0.2) is 0 Å².